The van der Waals surface area contributed by atoms with Crippen LogP contribution in [-0.2, 0) is 6.42 Å². The Hall–Kier alpha value is -1.18. The van der Waals surface area contributed by atoms with Crippen molar-refractivity contribution in [1.29, 1.82) is 0 Å². The second kappa shape index (κ2) is 7.01. The standard InChI is InChI=1S/C17H19Cl2N/c1-3-12-5-8-14(9-6-12)20-17(4-2)15-10-7-13(18)11-16(15)19/h5-11,17,20H,3-4H2,1-2H3. The highest BCUT2D eigenvalue weighted by molar-refractivity contribution is 6.35. The summed E-state index contributed by atoms with van der Waals surface area (Å²) in [6.07, 6.45) is 2.01. The number of halogens is 2. The molecule has 0 saturated carbocycles. The summed E-state index contributed by atoms with van der Waals surface area (Å²) >= 11 is 12.2. The molecule has 0 fully saturated rings. The number of hydrogen-bond donors (Lipinski definition) is 1. The van der Waals surface area contributed by atoms with E-state index >= 15 is 0 Å². The molecule has 1 atom stereocenters. The topological polar surface area (TPSA) is 12.0 Å². The maximum Gasteiger partial charge on any atom is 0.0525 e. The van der Waals surface area contributed by atoms with Gasteiger partial charge in [-0.1, -0.05) is 55.2 Å². The van der Waals surface area contributed by atoms with Crippen LogP contribution in [0.2, 0.25) is 10.0 Å². The molecule has 20 heavy (non-hydrogen) atoms. The summed E-state index contributed by atoms with van der Waals surface area (Å²) in [5.41, 5.74) is 3.53. The van der Waals surface area contributed by atoms with Gasteiger partial charge in [-0.2, -0.15) is 0 Å². The minimum absolute atomic E-state index is 0.187. The average molecular weight is 308 g/mol. The lowest BCUT2D eigenvalue weighted by atomic mass is 10.0. The SMILES string of the molecule is CCc1ccc(NC(CC)c2ccc(Cl)cc2Cl)cc1. The van der Waals surface area contributed by atoms with Gasteiger partial charge >= 0.3 is 0 Å². The lowest BCUT2D eigenvalue weighted by molar-refractivity contribution is 0.749. The fourth-order valence-corrected chi connectivity index (χ4v) is 2.76. The van der Waals surface area contributed by atoms with Gasteiger partial charge in [0.15, 0.2) is 0 Å². The van der Waals surface area contributed by atoms with Gasteiger partial charge in [-0.25, -0.2) is 0 Å². The van der Waals surface area contributed by atoms with E-state index in [2.05, 4.69) is 43.4 Å². The third kappa shape index (κ3) is 3.68. The van der Waals surface area contributed by atoms with E-state index in [-0.39, 0.29) is 6.04 Å². The molecule has 1 unspecified atom stereocenters. The molecule has 0 heterocycles. The Labute approximate surface area is 130 Å². The molecule has 3 heteroatoms. The van der Waals surface area contributed by atoms with E-state index in [0.29, 0.717) is 10.0 Å². The summed E-state index contributed by atoms with van der Waals surface area (Å²) in [4.78, 5) is 0. The maximum absolute atomic E-state index is 6.29. The Morgan fingerprint density at radius 1 is 1.00 bits per heavy atom. The normalized spacial score (nSPS) is 12.2. The van der Waals surface area contributed by atoms with Crippen molar-refractivity contribution in [3.63, 3.8) is 0 Å². The molecular formula is C17H19Cl2N. The van der Waals surface area contributed by atoms with Crippen LogP contribution >= 0.6 is 23.2 Å². The summed E-state index contributed by atoms with van der Waals surface area (Å²) in [7, 11) is 0. The van der Waals surface area contributed by atoms with Crippen LogP contribution in [0.4, 0.5) is 5.69 Å². The van der Waals surface area contributed by atoms with E-state index in [1.165, 1.54) is 5.56 Å². The maximum atomic E-state index is 6.29. The third-order valence-corrected chi connectivity index (χ3v) is 4.01. The van der Waals surface area contributed by atoms with Gasteiger partial charge in [0, 0.05) is 15.7 Å². The Bertz CT molecular complexity index is 564. The molecule has 0 aromatic heterocycles. The molecule has 0 amide bonds. The number of rotatable bonds is 5. The number of nitrogens with one attached hydrogen (secondary N) is 1. The number of hydrogen-bond acceptors (Lipinski definition) is 1. The quantitative estimate of drug-likeness (QED) is 0.701. The van der Waals surface area contributed by atoms with Crippen molar-refractivity contribution in [2.75, 3.05) is 5.32 Å². The predicted octanol–water partition coefficient (Wildman–Crippen LogP) is 6.12. The Kier molecular flexibility index (Phi) is 5.33. The van der Waals surface area contributed by atoms with Crippen molar-refractivity contribution in [2.24, 2.45) is 0 Å². The number of aryl methyl sites for hydroxylation is 1. The van der Waals surface area contributed by atoms with E-state index < -0.39 is 0 Å². The minimum Gasteiger partial charge on any atom is -0.378 e. The van der Waals surface area contributed by atoms with Gasteiger partial charge in [-0.15, -0.1) is 0 Å². The number of benzene rings is 2. The second-order valence-electron chi connectivity index (χ2n) is 4.82. The van der Waals surface area contributed by atoms with Crippen LogP contribution in [0.25, 0.3) is 0 Å². The van der Waals surface area contributed by atoms with Crippen LogP contribution in [-0.4, -0.2) is 0 Å². The van der Waals surface area contributed by atoms with Crippen LogP contribution in [0.15, 0.2) is 42.5 Å². The molecule has 0 aliphatic rings. The number of anilines is 1. The summed E-state index contributed by atoms with van der Waals surface area (Å²) < 4.78 is 0. The highest BCUT2D eigenvalue weighted by Crippen LogP contribution is 2.30. The van der Waals surface area contributed by atoms with Gasteiger partial charge in [-0.3, -0.25) is 0 Å². The highest BCUT2D eigenvalue weighted by Gasteiger charge is 2.13. The lowest BCUT2D eigenvalue weighted by Gasteiger charge is -2.20. The van der Waals surface area contributed by atoms with Gasteiger partial charge < -0.3 is 5.32 Å². The lowest BCUT2D eigenvalue weighted by Crippen LogP contribution is -2.10. The van der Waals surface area contributed by atoms with E-state index in [4.69, 9.17) is 23.2 Å². The molecule has 2 aromatic rings. The minimum atomic E-state index is 0.187. The van der Waals surface area contributed by atoms with E-state index in [1.54, 1.807) is 6.07 Å². The first-order valence-corrected chi connectivity index (χ1v) is 7.70. The first kappa shape index (κ1) is 15.2. The summed E-state index contributed by atoms with van der Waals surface area (Å²) in [6, 6.07) is 14.4. The molecule has 0 saturated heterocycles. The summed E-state index contributed by atoms with van der Waals surface area (Å²) in [6.45, 7) is 4.30. The average Bonchev–Trinajstić information content (AvgIpc) is 2.46. The first-order chi connectivity index (χ1) is 9.63. The molecule has 0 spiro atoms. The molecule has 2 aromatic carbocycles. The third-order valence-electron chi connectivity index (χ3n) is 3.45. The van der Waals surface area contributed by atoms with E-state index in [0.717, 1.165) is 24.1 Å². The molecule has 0 aliphatic carbocycles. The van der Waals surface area contributed by atoms with Crippen molar-refractivity contribution < 1.29 is 0 Å². The zero-order chi connectivity index (χ0) is 14.5. The molecule has 106 valence electrons. The van der Waals surface area contributed by atoms with Crippen molar-refractivity contribution >= 4 is 28.9 Å². The first-order valence-electron chi connectivity index (χ1n) is 6.94. The van der Waals surface area contributed by atoms with Crippen molar-refractivity contribution in [2.45, 2.75) is 32.7 Å². The zero-order valence-electron chi connectivity index (χ0n) is 11.8. The van der Waals surface area contributed by atoms with Gasteiger partial charge in [0.25, 0.3) is 0 Å². The molecule has 1 N–H and O–H groups in total. The van der Waals surface area contributed by atoms with E-state index in [9.17, 15) is 0 Å². The molecule has 0 radical (unpaired) electrons. The Balaban J connectivity index is 2.19. The molecule has 1 nitrogen and oxygen atoms in total. The Morgan fingerprint density at radius 3 is 2.25 bits per heavy atom. The van der Waals surface area contributed by atoms with Gasteiger partial charge in [0.05, 0.1) is 6.04 Å². The van der Waals surface area contributed by atoms with Gasteiger partial charge in [0.2, 0.25) is 0 Å². The van der Waals surface area contributed by atoms with Gasteiger partial charge in [0.1, 0.15) is 0 Å². The molecule has 2 rings (SSSR count). The van der Waals surface area contributed by atoms with Crippen LogP contribution in [0.1, 0.15) is 37.4 Å². The molecular weight excluding hydrogens is 289 g/mol. The van der Waals surface area contributed by atoms with Crippen LogP contribution in [0.3, 0.4) is 0 Å². The largest absolute Gasteiger partial charge is 0.378 e. The predicted molar refractivity (Wildman–Crippen MR) is 88.9 cm³/mol. The second-order valence-corrected chi connectivity index (χ2v) is 5.67. The van der Waals surface area contributed by atoms with Crippen molar-refractivity contribution in [3.8, 4) is 0 Å². The molecule has 0 aliphatic heterocycles. The fourth-order valence-electron chi connectivity index (χ4n) is 2.22. The summed E-state index contributed by atoms with van der Waals surface area (Å²) in [5, 5.41) is 4.91. The Morgan fingerprint density at radius 2 is 1.70 bits per heavy atom. The van der Waals surface area contributed by atoms with Crippen molar-refractivity contribution in [1.82, 2.24) is 0 Å². The van der Waals surface area contributed by atoms with Crippen molar-refractivity contribution in [3.05, 3.63) is 63.6 Å². The van der Waals surface area contributed by atoms with Crippen LogP contribution in [0, 0.1) is 0 Å². The highest BCUT2D eigenvalue weighted by atomic mass is 35.5. The fraction of sp³-hybridized carbons (Fsp3) is 0.294. The van der Waals surface area contributed by atoms with E-state index in [1.807, 2.05) is 12.1 Å². The van der Waals surface area contributed by atoms with Crippen LogP contribution in [0.5, 0.6) is 0 Å². The molecule has 0 bridgehead atoms. The monoisotopic (exact) mass is 307 g/mol. The smallest absolute Gasteiger partial charge is 0.0525 e. The van der Waals surface area contributed by atoms with Crippen LogP contribution < -0.4 is 5.32 Å². The summed E-state index contributed by atoms with van der Waals surface area (Å²) in [5.74, 6) is 0. The zero-order valence-corrected chi connectivity index (χ0v) is 13.3. The van der Waals surface area contributed by atoms with Gasteiger partial charge in [-0.05, 0) is 48.2 Å².